The molecule has 2 aliphatic rings. The maximum atomic E-state index is 6.41. The highest BCUT2D eigenvalue weighted by atomic mass is 35.5. The molecule has 1 aromatic carbocycles. The second-order valence-corrected chi connectivity index (χ2v) is 5.68. The molecule has 0 unspecified atom stereocenters. The number of methoxy groups -OCH3 is 1. The van der Waals surface area contributed by atoms with E-state index in [2.05, 4.69) is 5.32 Å². The summed E-state index contributed by atoms with van der Waals surface area (Å²) in [5.41, 5.74) is 1.12. The first-order chi connectivity index (χ1) is 9.79. The lowest BCUT2D eigenvalue weighted by Gasteiger charge is -2.26. The van der Waals surface area contributed by atoms with Gasteiger partial charge in [0.25, 0.3) is 0 Å². The lowest BCUT2D eigenvalue weighted by atomic mass is 9.90. The van der Waals surface area contributed by atoms with Crippen molar-refractivity contribution in [2.24, 2.45) is 5.92 Å². The minimum absolute atomic E-state index is 0.531. The van der Waals surface area contributed by atoms with Crippen molar-refractivity contribution in [2.75, 3.05) is 33.4 Å². The van der Waals surface area contributed by atoms with Crippen LogP contribution in [0, 0.1) is 5.92 Å². The molecule has 20 heavy (non-hydrogen) atoms. The molecule has 0 amide bonds. The number of piperidine rings is 1. The Morgan fingerprint density at radius 3 is 2.80 bits per heavy atom. The third-order valence-corrected chi connectivity index (χ3v) is 4.32. The summed E-state index contributed by atoms with van der Waals surface area (Å²) in [6.45, 7) is 3.28. The first-order valence-electron chi connectivity index (χ1n) is 7.15. The summed E-state index contributed by atoms with van der Waals surface area (Å²) >= 11 is 6.41. The highest BCUT2D eigenvalue weighted by Crippen LogP contribution is 2.46. The Balaban J connectivity index is 1.90. The van der Waals surface area contributed by atoms with E-state index >= 15 is 0 Å². The van der Waals surface area contributed by atoms with Gasteiger partial charge in [0.2, 0.25) is 0 Å². The van der Waals surface area contributed by atoms with Crippen LogP contribution in [-0.4, -0.2) is 33.4 Å². The summed E-state index contributed by atoms with van der Waals surface area (Å²) < 4.78 is 16.8. The van der Waals surface area contributed by atoms with Crippen molar-refractivity contribution in [2.45, 2.75) is 19.3 Å². The lowest BCUT2D eigenvalue weighted by Crippen LogP contribution is -2.28. The Morgan fingerprint density at radius 2 is 2.05 bits per heavy atom. The molecular formula is C15H20ClNO3. The van der Waals surface area contributed by atoms with Crippen molar-refractivity contribution >= 4 is 11.6 Å². The Kier molecular flexibility index (Phi) is 4.22. The predicted octanol–water partition coefficient (Wildman–Crippen LogP) is 2.66. The van der Waals surface area contributed by atoms with E-state index in [0.29, 0.717) is 29.9 Å². The standard InChI is InChI=1S/C15H20ClNO3/c1-18-14-11(8-10-2-4-17-5-3-10)9-12-15(13(14)16)20-7-6-19-12/h9-10,17H,2-8H2,1H3. The van der Waals surface area contributed by atoms with Crippen LogP contribution in [0.15, 0.2) is 6.07 Å². The van der Waals surface area contributed by atoms with Crippen LogP contribution in [0.3, 0.4) is 0 Å². The van der Waals surface area contributed by atoms with Crippen molar-refractivity contribution in [3.8, 4) is 17.2 Å². The van der Waals surface area contributed by atoms with Crippen LogP contribution in [-0.2, 0) is 6.42 Å². The minimum atomic E-state index is 0.531. The van der Waals surface area contributed by atoms with E-state index in [1.54, 1.807) is 7.11 Å². The molecule has 0 radical (unpaired) electrons. The molecule has 0 aliphatic carbocycles. The molecule has 1 saturated heterocycles. The number of rotatable bonds is 3. The molecular weight excluding hydrogens is 278 g/mol. The zero-order valence-corrected chi connectivity index (χ0v) is 12.5. The maximum absolute atomic E-state index is 6.41. The Hall–Kier alpha value is -1.13. The monoisotopic (exact) mass is 297 g/mol. The molecule has 0 atom stereocenters. The molecule has 1 fully saturated rings. The molecule has 4 nitrogen and oxygen atoms in total. The summed E-state index contributed by atoms with van der Waals surface area (Å²) in [6, 6.07) is 2.03. The molecule has 0 aromatic heterocycles. The van der Waals surface area contributed by atoms with E-state index in [9.17, 15) is 0 Å². The first kappa shape index (κ1) is 13.8. The Bertz CT molecular complexity index is 486. The van der Waals surface area contributed by atoms with Gasteiger partial charge in [0.1, 0.15) is 24.0 Å². The largest absolute Gasteiger partial charge is 0.495 e. The van der Waals surface area contributed by atoms with Gasteiger partial charge in [-0.3, -0.25) is 0 Å². The smallest absolute Gasteiger partial charge is 0.183 e. The molecule has 0 saturated carbocycles. The van der Waals surface area contributed by atoms with Crippen LogP contribution in [0.4, 0.5) is 0 Å². The van der Waals surface area contributed by atoms with Crippen LogP contribution in [0.5, 0.6) is 17.2 Å². The van der Waals surface area contributed by atoms with Crippen molar-refractivity contribution in [3.05, 3.63) is 16.7 Å². The lowest BCUT2D eigenvalue weighted by molar-refractivity contribution is 0.170. The SMILES string of the molecule is COc1c(CC2CCNCC2)cc2c(c1Cl)OCCO2. The van der Waals surface area contributed by atoms with E-state index in [-0.39, 0.29) is 0 Å². The number of hydrogen-bond donors (Lipinski definition) is 1. The summed E-state index contributed by atoms with van der Waals surface area (Å²) in [5, 5.41) is 3.92. The van der Waals surface area contributed by atoms with Crippen LogP contribution in [0.2, 0.25) is 5.02 Å². The van der Waals surface area contributed by atoms with E-state index in [1.165, 1.54) is 12.8 Å². The third-order valence-electron chi connectivity index (χ3n) is 3.98. The van der Waals surface area contributed by atoms with Gasteiger partial charge < -0.3 is 19.5 Å². The number of fused-ring (bicyclic) bond motifs is 1. The van der Waals surface area contributed by atoms with Crippen molar-refractivity contribution in [1.82, 2.24) is 5.32 Å². The quantitative estimate of drug-likeness (QED) is 0.931. The van der Waals surface area contributed by atoms with Crippen molar-refractivity contribution in [1.29, 1.82) is 0 Å². The number of hydrogen-bond acceptors (Lipinski definition) is 4. The Labute approximate surface area is 124 Å². The van der Waals surface area contributed by atoms with Gasteiger partial charge in [0.05, 0.1) is 7.11 Å². The average molecular weight is 298 g/mol. The van der Waals surface area contributed by atoms with E-state index in [4.69, 9.17) is 25.8 Å². The van der Waals surface area contributed by atoms with E-state index < -0.39 is 0 Å². The fraction of sp³-hybridized carbons (Fsp3) is 0.600. The summed E-state index contributed by atoms with van der Waals surface area (Å²) in [5.74, 6) is 2.76. The molecule has 2 aliphatic heterocycles. The predicted molar refractivity (Wildman–Crippen MR) is 78.3 cm³/mol. The first-order valence-corrected chi connectivity index (χ1v) is 7.53. The summed E-state index contributed by atoms with van der Waals surface area (Å²) in [7, 11) is 1.66. The highest BCUT2D eigenvalue weighted by Gasteiger charge is 2.24. The highest BCUT2D eigenvalue weighted by molar-refractivity contribution is 6.34. The second-order valence-electron chi connectivity index (χ2n) is 5.30. The van der Waals surface area contributed by atoms with Gasteiger partial charge in [-0.25, -0.2) is 0 Å². The number of benzene rings is 1. The molecule has 5 heteroatoms. The molecule has 110 valence electrons. The number of ether oxygens (including phenoxy) is 3. The van der Waals surface area contributed by atoms with Gasteiger partial charge in [-0.1, -0.05) is 11.6 Å². The normalized spacial score (nSPS) is 18.9. The van der Waals surface area contributed by atoms with Gasteiger partial charge in [0.15, 0.2) is 11.5 Å². The zero-order chi connectivity index (χ0) is 13.9. The molecule has 1 N–H and O–H groups in total. The van der Waals surface area contributed by atoms with E-state index in [0.717, 1.165) is 36.6 Å². The summed E-state index contributed by atoms with van der Waals surface area (Å²) in [4.78, 5) is 0. The minimum Gasteiger partial charge on any atom is -0.495 e. The second kappa shape index (κ2) is 6.10. The van der Waals surface area contributed by atoms with Crippen LogP contribution >= 0.6 is 11.6 Å². The Morgan fingerprint density at radius 1 is 1.30 bits per heavy atom. The molecule has 1 aromatic rings. The molecule has 0 spiro atoms. The van der Waals surface area contributed by atoms with Gasteiger partial charge in [0, 0.05) is 0 Å². The zero-order valence-electron chi connectivity index (χ0n) is 11.7. The molecule has 2 heterocycles. The molecule has 0 bridgehead atoms. The number of nitrogens with one attached hydrogen (secondary N) is 1. The van der Waals surface area contributed by atoms with Crippen molar-refractivity contribution < 1.29 is 14.2 Å². The maximum Gasteiger partial charge on any atom is 0.183 e. The van der Waals surface area contributed by atoms with Gasteiger partial charge in [-0.15, -0.1) is 0 Å². The topological polar surface area (TPSA) is 39.7 Å². The fourth-order valence-corrected chi connectivity index (χ4v) is 3.29. The summed E-state index contributed by atoms with van der Waals surface area (Å²) in [6.07, 6.45) is 3.35. The van der Waals surface area contributed by atoms with Crippen LogP contribution < -0.4 is 19.5 Å². The van der Waals surface area contributed by atoms with Crippen LogP contribution in [0.25, 0.3) is 0 Å². The fourth-order valence-electron chi connectivity index (χ4n) is 2.95. The molecule has 3 rings (SSSR count). The van der Waals surface area contributed by atoms with Crippen molar-refractivity contribution in [3.63, 3.8) is 0 Å². The van der Waals surface area contributed by atoms with E-state index in [1.807, 2.05) is 6.07 Å². The van der Waals surface area contributed by atoms with Gasteiger partial charge >= 0.3 is 0 Å². The average Bonchev–Trinajstić information content (AvgIpc) is 2.49. The third kappa shape index (κ3) is 2.67. The van der Waals surface area contributed by atoms with Gasteiger partial charge in [-0.2, -0.15) is 0 Å². The van der Waals surface area contributed by atoms with Crippen LogP contribution in [0.1, 0.15) is 18.4 Å². The number of halogens is 1. The van der Waals surface area contributed by atoms with Gasteiger partial charge in [-0.05, 0) is 49.9 Å².